The van der Waals surface area contributed by atoms with Crippen LogP contribution in [-0.4, -0.2) is 306 Å². The predicted octanol–water partition coefficient (Wildman–Crippen LogP) is 16.6. The van der Waals surface area contributed by atoms with Gasteiger partial charge in [-0.15, -0.1) is 0 Å². The standard InChI is InChI=1S/C29H36N4O2.C25H30N4O.C24H29N3O2.C23H25N3O3.C14H15N3O3/c1-31(2)20-21-6-3-10-26(16-21)32-12-14-33(15-13-32)29(35)24-8-4-7-22(17-24)25-18-23-9-5-11-30-28(23)27(34)19-25;1-19-16-23(18-21-8-4-9-26-24(19)21)20-6-3-7-22(17-20)25(30)27-10-5-11-29-14-12-28(2)13-15-29;1-27(2)14-6-4-3-5-12-26-24(29)20-10-7-9-18(15-20)21-16-19-11-8-13-25-23(19)22(28)17-21;27-21-16-20(15-18-6-2-7-24-22(18)21)17-4-1-5-19(14-17)23(28)25-8-3-9-26-10-12-29-13-11-26;18-12-2-1-10(14(19)20)11-7-9(8-16-13(11)12)17-5-3-15-4-6-17/h4-5,7-9,11,17-19,21,26,34H,3,6,10,12-16,20H2,1-2H3;3-4,6-9,16-18H,5,10-15H2,1-2H3,(H,27,30);7-11,13,15-17,28H,3-6,12,14H2,1-2H3,(H,26,29);1-2,4-7,14-16,27H,3,8-13H2,(H,25,28);1-2,7-8,15,18H,3-6H2,(H,19,20). The van der Waals surface area contributed by atoms with Crippen molar-refractivity contribution in [3.63, 3.8) is 0 Å². The summed E-state index contributed by atoms with van der Waals surface area (Å²) in [6.45, 7) is 23.4. The molecule has 0 bridgehead atoms. The number of carbonyl (C=O) groups excluding carboxylic acids is 4. The number of fused-ring (bicyclic) bond motifs is 5. The molecule has 9 aromatic carbocycles. The van der Waals surface area contributed by atoms with Gasteiger partial charge in [-0.25, -0.2) is 4.79 Å². The third kappa shape index (κ3) is 28.7. The summed E-state index contributed by atoms with van der Waals surface area (Å²) in [6.07, 6.45) is 20.1. The number of phenolic OH excluding ortho intramolecular Hbond substituents is 4. The number of benzene rings is 9. The van der Waals surface area contributed by atoms with Crippen molar-refractivity contribution in [2.75, 3.05) is 191 Å². The van der Waals surface area contributed by atoms with E-state index in [4.69, 9.17) is 4.74 Å². The van der Waals surface area contributed by atoms with Gasteiger partial charge in [0.15, 0.2) is 0 Å². The average molecular weight is 1930 g/mol. The van der Waals surface area contributed by atoms with Crippen LogP contribution in [0.1, 0.15) is 122 Å². The number of morpholine rings is 1. The normalized spacial score (nSPS) is 15.9. The number of aromatic nitrogens is 5. The molecule has 5 fully saturated rings. The monoisotopic (exact) mass is 1930 g/mol. The minimum absolute atomic E-state index is 0.00291. The van der Waals surface area contributed by atoms with Crippen LogP contribution in [0.3, 0.4) is 0 Å². The van der Waals surface area contributed by atoms with Gasteiger partial charge in [-0.1, -0.05) is 92.1 Å². The number of likely N-dealkylation sites (N-methyl/N-ethyl adjacent to an activating group) is 1. The van der Waals surface area contributed by atoms with Crippen molar-refractivity contribution in [2.24, 2.45) is 5.92 Å². The number of aromatic hydroxyl groups is 4. The number of amides is 4. The van der Waals surface area contributed by atoms with Crippen LogP contribution in [-0.2, 0) is 4.74 Å². The van der Waals surface area contributed by atoms with Crippen LogP contribution >= 0.6 is 0 Å². The van der Waals surface area contributed by atoms with Crippen molar-refractivity contribution in [3.05, 3.63) is 277 Å². The summed E-state index contributed by atoms with van der Waals surface area (Å²) in [5.41, 5.74) is 15.4. The molecule has 4 amide bonds. The van der Waals surface area contributed by atoms with Crippen LogP contribution in [0, 0.1) is 12.8 Å². The Balaban J connectivity index is 0.000000136. The fraction of sp³-hybridized carbons (Fsp3) is 0.357. The third-order valence-corrected chi connectivity index (χ3v) is 27.2. The zero-order chi connectivity index (χ0) is 100. The molecule has 19 rings (SSSR count). The Kier molecular flexibility index (Phi) is 37.0. The number of nitrogens with one attached hydrogen (secondary N) is 4. The molecule has 0 radical (unpaired) electrons. The number of piperazine rings is 3. The lowest BCUT2D eigenvalue weighted by molar-refractivity contribution is 0.0374. The minimum atomic E-state index is -1.02. The number of aromatic carboxylic acids is 1. The number of carboxylic acids is 1. The lowest BCUT2D eigenvalue weighted by Gasteiger charge is -2.42. The number of aryl methyl sites for hydroxylation is 1. The Labute approximate surface area is 837 Å². The van der Waals surface area contributed by atoms with Crippen molar-refractivity contribution in [1.82, 2.24) is 80.5 Å². The largest absolute Gasteiger partial charge is 0.506 e. The second-order valence-electron chi connectivity index (χ2n) is 38.2. The van der Waals surface area contributed by atoms with Gasteiger partial charge >= 0.3 is 5.97 Å². The number of hydrogen-bond acceptors (Lipinski definition) is 23. The van der Waals surface area contributed by atoms with Crippen LogP contribution < -0.4 is 26.2 Å². The van der Waals surface area contributed by atoms with Gasteiger partial charge in [-0.2, -0.15) is 0 Å². The summed E-state index contributed by atoms with van der Waals surface area (Å²) < 4.78 is 5.35. The van der Waals surface area contributed by atoms with Gasteiger partial charge in [0.25, 0.3) is 23.6 Å². The van der Waals surface area contributed by atoms with Crippen molar-refractivity contribution in [1.29, 1.82) is 0 Å². The Morgan fingerprint density at radius 3 is 1.37 bits per heavy atom. The summed E-state index contributed by atoms with van der Waals surface area (Å²) in [6, 6.07) is 66.5. The lowest BCUT2D eigenvalue weighted by Crippen LogP contribution is -2.53. The molecule has 2 atom stereocenters. The van der Waals surface area contributed by atoms with Gasteiger partial charge < -0.3 is 80.9 Å². The number of ether oxygens (including phenoxy) is 1. The fourth-order valence-electron chi connectivity index (χ4n) is 19.5. The van der Waals surface area contributed by atoms with E-state index in [1.165, 1.54) is 57.2 Å². The maximum Gasteiger partial charge on any atom is 0.336 e. The molecule has 9 N–H and O–H groups in total. The van der Waals surface area contributed by atoms with E-state index < -0.39 is 5.97 Å². The molecule has 14 aromatic rings. The van der Waals surface area contributed by atoms with Gasteiger partial charge in [-0.05, 0) is 302 Å². The Bertz CT molecular complexity index is 6680. The molecule has 4 saturated heterocycles. The third-order valence-electron chi connectivity index (χ3n) is 27.2. The number of nitrogens with zero attached hydrogens (tertiary/aromatic N) is 13. The van der Waals surface area contributed by atoms with Gasteiger partial charge in [-0.3, -0.25) is 53.9 Å². The fourth-order valence-corrected chi connectivity index (χ4v) is 19.5. The number of hydrogen-bond donors (Lipinski definition) is 9. The summed E-state index contributed by atoms with van der Waals surface area (Å²) in [5.74, 6) is 0.136. The number of pyridine rings is 5. The van der Waals surface area contributed by atoms with Crippen LogP contribution in [0.4, 0.5) is 5.69 Å². The van der Waals surface area contributed by atoms with E-state index in [2.05, 4.69) is 147 Å². The van der Waals surface area contributed by atoms with Crippen LogP contribution in [0.5, 0.6) is 23.0 Å². The highest BCUT2D eigenvalue weighted by molar-refractivity contribution is 6.06. The highest BCUT2D eigenvalue weighted by Gasteiger charge is 2.32. The minimum Gasteiger partial charge on any atom is -0.506 e. The maximum absolute atomic E-state index is 13.4. The first-order valence-electron chi connectivity index (χ1n) is 50.2. The number of carboxylic acid groups (broad SMARTS) is 1. The first-order valence-corrected chi connectivity index (χ1v) is 50.2. The lowest BCUT2D eigenvalue weighted by atomic mass is 9.84. The van der Waals surface area contributed by atoms with Gasteiger partial charge in [0.05, 0.1) is 36.2 Å². The van der Waals surface area contributed by atoms with Crippen molar-refractivity contribution in [3.8, 4) is 67.5 Å². The highest BCUT2D eigenvalue weighted by Crippen LogP contribution is 2.38. The molecule has 5 aliphatic rings. The van der Waals surface area contributed by atoms with Crippen LogP contribution in [0.15, 0.2) is 243 Å². The van der Waals surface area contributed by atoms with E-state index in [0.29, 0.717) is 75.4 Å². The van der Waals surface area contributed by atoms with E-state index in [1.54, 1.807) is 49.1 Å². The second kappa shape index (κ2) is 51.1. The smallest absolute Gasteiger partial charge is 0.336 e. The quantitative estimate of drug-likeness (QED) is 0.0206. The molecule has 5 aromatic heterocycles. The molecule has 28 nitrogen and oxygen atoms in total. The summed E-state index contributed by atoms with van der Waals surface area (Å²) in [5, 5.41) is 66.6. The first-order chi connectivity index (χ1) is 69.5. The zero-order valence-corrected chi connectivity index (χ0v) is 83.1. The Hall–Kier alpha value is -13.9. The van der Waals surface area contributed by atoms with Gasteiger partial charge in [0, 0.05) is 198 Å². The molecule has 143 heavy (non-hydrogen) atoms. The molecular weight excluding hydrogens is 1800 g/mol. The van der Waals surface area contributed by atoms with Crippen molar-refractivity contribution < 1.29 is 54.2 Å². The number of carbonyl (C=O) groups is 5. The molecule has 1 aliphatic carbocycles. The number of unbranched alkanes of at least 4 members (excludes halogenated alkanes) is 3. The molecule has 4 aliphatic heterocycles. The summed E-state index contributed by atoms with van der Waals surface area (Å²) in [7, 11) is 10.7. The van der Waals surface area contributed by atoms with Crippen molar-refractivity contribution in [2.45, 2.75) is 77.2 Å². The molecule has 9 heterocycles. The first kappa shape index (κ1) is 103. The average Bonchev–Trinajstić information content (AvgIpc) is 0.787. The molecule has 2 unspecified atom stereocenters. The zero-order valence-electron chi connectivity index (χ0n) is 83.1. The van der Waals surface area contributed by atoms with Crippen LogP contribution in [0.2, 0.25) is 0 Å². The molecule has 746 valence electrons. The summed E-state index contributed by atoms with van der Waals surface area (Å²) >= 11 is 0. The van der Waals surface area contributed by atoms with E-state index in [0.717, 1.165) is 239 Å². The highest BCUT2D eigenvalue weighted by atomic mass is 16.5. The Morgan fingerprint density at radius 1 is 0.427 bits per heavy atom. The maximum atomic E-state index is 13.4. The Morgan fingerprint density at radius 2 is 0.881 bits per heavy atom. The van der Waals surface area contributed by atoms with Gasteiger partial charge in [0.1, 0.15) is 45.1 Å². The topological polar surface area (TPSA) is 334 Å². The van der Waals surface area contributed by atoms with E-state index >= 15 is 0 Å². The second-order valence-corrected chi connectivity index (χ2v) is 38.2. The SMILES string of the molecule is CN(C)CC1CCCC(N2CCN(C(=O)c3cccc(-c4cc(O)c5ncccc5c4)c3)CC2)C1.CN(C)CCCCCCNC(=O)c1cccc(-c2cc(O)c3ncccc3c2)c1.Cc1cc(-c2cccc(C(=O)NCCCN3CCN(C)CC3)c2)cc2cccnc12.O=C(NCCCN1CCOCC1)c1cccc(-c2cc(O)c3ncccc3c2)c1.O=C(O)c1ccc(O)c2ncc(N3CCNCC3)cc12. The molecule has 28 heteroatoms. The van der Waals surface area contributed by atoms with Crippen LogP contribution in [0.25, 0.3) is 99.0 Å². The number of phenols is 4. The summed E-state index contributed by atoms with van der Waals surface area (Å²) in [4.78, 5) is 102. The molecule has 1 saturated carbocycles. The number of rotatable bonds is 28. The van der Waals surface area contributed by atoms with E-state index in [9.17, 15) is 49.5 Å². The molecular formula is C115H135N17O11. The van der Waals surface area contributed by atoms with Gasteiger partial charge in [0.2, 0.25) is 0 Å². The number of anilines is 1. The van der Waals surface area contributed by atoms with Crippen molar-refractivity contribution >= 4 is 89.8 Å². The van der Waals surface area contributed by atoms with E-state index in [1.807, 2.05) is 163 Å². The predicted molar refractivity (Wildman–Crippen MR) is 570 cm³/mol. The molecule has 0 spiro atoms. The van der Waals surface area contributed by atoms with E-state index in [-0.39, 0.29) is 52.2 Å².